The number of hydrogen-bond donors (Lipinski definition) is 1. The van der Waals surface area contributed by atoms with E-state index < -0.39 is 21.4 Å². The summed E-state index contributed by atoms with van der Waals surface area (Å²) in [5, 5.41) is 4.64. The monoisotopic (exact) mass is 519 g/mol. The van der Waals surface area contributed by atoms with Gasteiger partial charge in [-0.25, -0.2) is 0 Å². The van der Waals surface area contributed by atoms with E-state index >= 15 is 0 Å². The molecule has 0 unspecified atom stereocenters. The lowest BCUT2D eigenvalue weighted by molar-refractivity contribution is -0.149. The number of amides is 1. The maximum absolute atomic E-state index is 12.5. The number of benzene rings is 1. The molecule has 1 aliphatic rings. The summed E-state index contributed by atoms with van der Waals surface area (Å²) in [7, 11) is -5.74. The highest BCUT2D eigenvalue weighted by atomic mass is 32.2. The second-order valence-electron chi connectivity index (χ2n) is 7.89. The van der Waals surface area contributed by atoms with Crippen molar-refractivity contribution >= 4 is 33.3 Å². The number of thiophene rings is 1. The Labute approximate surface area is 199 Å². The van der Waals surface area contributed by atoms with Crippen LogP contribution in [0.5, 0.6) is 5.75 Å². The van der Waals surface area contributed by atoms with Crippen LogP contribution >= 0.6 is 11.3 Å². The molecule has 0 saturated heterocycles. The molecule has 1 fully saturated rings. The summed E-state index contributed by atoms with van der Waals surface area (Å²) in [6.07, 6.45) is 3.15. The lowest BCUT2D eigenvalue weighted by Gasteiger charge is -2.27. The van der Waals surface area contributed by atoms with Gasteiger partial charge in [-0.1, -0.05) is 12.1 Å². The van der Waals surface area contributed by atoms with Crippen LogP contribution in [0.4, 0.5) is 13.2 Å². The fourth-order valence-corrected chi connectivity index (χ4v) is 4.96. The van der Waals surface area contributed by atoms with Crippen LogP contribution in [0.1, 0.15) is 42.3 Å². The first-order chi connectivity index (χ1) is 16.0. The number of carbonyl (C=O) groups excluding carboxylic acids is 2. The van der Waals surface area contributed by atoms with E-state index in [1.165, 1.54) is 23.5 Å². The van der Waals surface area contributed by atoms with Gasteiger partial charge in [0.15, 0.2) is 0 Å². The number of hydrogen-bond acceptors (Lipinski definition) is 7. The topological polar surface area (TPSA) is 98.8 Å². The van der Waals surface area contributed by atoms with Crippen LogP contribution in [0.15, 0.2) is 35.7 Å². The van der Waals surface area contributed by atoms with Gasteiger partial charge in [0.25, 0.3) is 5.91 Å². The molecule has 34 heavy (non-hydrogen) atoms. The van der Waals surface area contributed by atoms with Crippen LogP contribution in [-0.2, 0) is 19.6 Å². The summed E-state index contributed by atoms with van der Waals surface area (Å²) < 4.78 is 68.6. The SMILES string of the molecule is CCOC(=O)C1CCC(CNC(=O)c2cc(-c3ccc(OS(=O)(=O)C(F)(F)F)cc3)cs2)CC1. The zero-order chi connectivity index (χ0) is 24.9. The minimum Gasteiger partial charge on any atom is -0.466 e. The van der Waals surface area contributed by atoms with E-state index in [2.05, 4.69) is 9.50 Å². The van der Waals surface area contributed by atoms with E-state index in [9.17, 15) is 31.2 Å². The molecule has 0 bridgehead atoms. The maximum Gasteiger partial charge on any atom is 0.534 e. The molecular weight excluding hydrogens is 495 g/mol. The second kappa shape index (κ2) is 10.8. The van der Waals surface area contributed by atoms with E-state index in [0.717, 1.165) is 37.8 Å². The van der Waals surface area contributed by atoms with E-state index in [0.29, 0.717) is 29.2 Å². The molecule has 2 aromatic rings. The fraction of sp³-hybridized carbons (Fsp3) is 0.455. The highest BCUT2D eigenvalue weighted by molar-refractivity contribution is 7.88. The Kier molecular flexibility index (Phi) is 8.24. The van der Waals surface area contributed by atoms with E-state index in [1.54, 1.807) is 18.4 Å². The summed E-state index contributed by atoms with van der Waals surface area (Å²) in [5.74, 6) is -0.642. The van der Waals surface area contributed by atoms with Crippen LogP contribution in [0, 0.1) is 11.8 Å². The average Bonchev–Trinajstić information content (AvgIpc) is 3.28. The Morgan fingerprint density at radius 3 is 2.32 bits per heavy atom. The summed E-state index contributed by atoms with van der Waals surface area (Å²) in [4.78, 5) is 24.8. The molecule has 3 rings (SSSR count). The Balaban J connectivity index is 1.52. The number of halogens is 3. The van der Waals surface area contributed by atoms with Crippen LogP contribution in [0.3, 0.4) is 0 Å². The third-order valence-corrected chi connectivity index (χ3v) is 7.43. The first-order valence-electron chi connectivity index (χ1n) is 10.6. The molecule has 0 aliphatic heterocycles. The highest BCUT2D eigenvalue weighted by Crippen LogP contribution is 2.31. The second-order valence-corrected chi connectivity index (χ2v) is 10.3. The molecule has 1 N–H and O–H groups in total. The van der Waals surface area contributed by atoms with Gasteiger partial charge in [-0.05, 0) is 73.2 Å². The van der Waals surface area contributed by atoms with Gasteiger partial charge in [0.2, 0.25) is 0 Å². The summed E-state index contributed by atoms with van der Waals surface area (Å²) >= 11 is 1.22. The highest BCUT2D eigenvalue weighted by Gasteiger charge is 2.48. The van der Waals surface area contributed by atoms with E-state index in [4.69, 9.17) is 4.74 Å². The van der Waals surface area contributed by atoms with Crippen LogP contribution in [-0.4, -0.2) is 39.0 Å². The molecule has 186 valence electrons. The van der Waals surface area contributed by atoms with Gasteiger partial charge in [0.05, 0.1) is 17.4 Å². The van der Waals surface area contributed by atoms with Gasteiger partial charge in [-0.15, -0.1) is 11.3 Å². The van der Waals surface area contributed by atoms with Crippen molar-refractivity contribution in [2.45, 2.75) is 38.1 Å². The van der Waals surface area contributed by atoms with Crippen molar-refractivity contribution in [3.63, 3.8) is 0 Å². The molecule has 0 radical (unpaired) electrons. The van der Waals surface area contributed by atoms with Crippen molar-refractivity contribution in [3.05, 3.63) is 40.6 Å². The quantitative estimate of drug-likeness (QED) is 0.307. The van der Waals surface area contributed by atoms with Gasteiger partial charge >= 0.3 is 21.6 Å². The third-order valence-electron chi connectivity index (χ3n) is 5.52. The van der Waals surface area contributed by atoms with Gasteiger partial charge in [0, 0.05) is 6.54 Å². The largest absolute Gasteiger partial charge is 0.534 e. The van der Waals surface area contributed by atoms with Gasteiger partial charge in [-0.3, -0.25) is 9.59 Å². The van der Waals surface area contributed by atoms with Gasteiger partial charge < -0.3 is 14.2 Å². The van der Waals surface area contributed by atoms with Crippen LogP contribution in [0.2, 0.25) is 0 Å². The van der Waals surface area contributed by atoms with Crippen molar-refractivity contribution < 1.29 is 40.1 Å². The minimum absolute atomic E-state index is 0.0721. The summed E-state index contributed by atoms with van der Waals surface area (Å²) in [6.45, 7) is 2.65. The molecule has 1 aromatic heterocycles. The normalized spacial score (nSPS) is 18.8. The fourth-order valence-electron chi connectivity index (χ4n) is 3.67. The zero-order valence-electron chi connectivity index (χ0n) is 18.3. The summed E-state index contributed by atoms with van der Waals surface area (Å²) in [5.41, 5.74) is -4.26. The predicted molar refractivity (Wildman–Crippen MR) is 120 cm³/mol. The number of alkyl halides is 3. The number of rotatable bonds is 8. The number of esters is 1. The van der Waals surface area contributed by atoms with Crippen molar-refractivity contribution in [1.29, 1.82) is 0 Å². The maximum atomic E-state index is 12.5. The Morgan fingerprint density at radius 1 is 1.09 bits per heavy atom. The smallest absolute Gasteiger partial charge is 0.466 e. The van der Waals surface area contributed by atoms with Crippen LogP contribution < -0.4 is 9.50 Å². The van der Waals surface area contributed by atoms with Crippen molar-refractivity contribution in [3.8, 4) is 16.9 Å². The predicted octanol–water partition coefficient (Wildman–Crippen LogP) is 4.74. The standard InChI is InChI=1S/C22H24F3NO6S2/c1-2-31-21(28)16-5-3-14(4-6-16)12-26-20(27)19-11-17(13-33-19)15-7-9-18(10-8-15)32-34(29,30)22(23,24)25/h7-11,13-14,16H,2-6,12H2,1H3,(H,26,27). The Bertz CT molecular complexity index is 1100. The molecule has 12 heteroatoms. The first-order valence-corrected chi connectivity index (χ1v) is 12.9. The van der Waals surface area contributed by atoms with Gasteiger partial charge in [-0.2, -0.15) is 21.6 Å². The Morgan fingerprint density at radius 2 is 1.74 bits per heavy atom. The van der Waals surface area contributed by atoms with Crippen LogP contribution in [0.25, 0.3) is 11.1 Å². The van der Waals surface area contributed by atoms with Crippen molar-refractivity contribution in [2.24, 2.45) is 11.8 Å². The molecular formula is C22H24F3NO6S2. The molecule has 0 atom stereocenters. The number of ether oxygens (including phenoxy) is 1. The van der Waals surface area contributed by atoms with E-state index in [-0.39, 0.29) is 23.7 Å². The molecule has 1 heterocycles. The molecule has 1 aromatic carbocycles. The lowest BCUT2D eigenvalue weighted by atomic mass is 9.82. The molecule has 7 nitrogen and oxygen atoms in total. The minimum atomic E-state index is -5.74. The van der Waals surface area contributed by atoms with Crippen molar-refractivity contribution in [1.82, 2.24) is 5.32 Å². The third kappa shape index (κ3) is 6.50. The van der Waals surface area contributed by atoms with Crippen molar-refractivity contribution in [2.75, 3.05) is 13.2 Å². The summed E-state index contributed by atoms with van der Waals surface area (Å²) in [6, 6.07) is 6.70. The number of carbonyl (C=O) groups is 2. The number of nitrogens with one attached hydrogen (secondary N) is 1. The molecule has 1 aliphatic carbocycles. The Hall–Kier alpha value is -2.60. The average molecular weight is 520 g/mol. The molecule has 1 amide bonds. The molecule has 0 spiro atoms. The zero-order valence-corrected chi connectivity index (χ0v) is 19.9. The van der Waals surface area contributed by atoms with E-state index in [1.807, 2.05) is 0 Å². The lowest BCUT2D eigenvalue weighted by Crippen LogP contribution is -2.32. The molecule has 1 saturated carbocycles. The van der Waals surface area contributed by atoms with Gasteiger partial charge in [0.1, 0.15) is 5.75 Å². The first kappa shape index (κ1) is 26.0.